The molecule has 1 aromatic heterocycles. The van der Waals surface area contributed by atoms with E-state index in [2.05, 4.69) is 10.0 Å². The summed E-state index contributed by atoms with van der Waals surface area (Å²) in [7, 11) is -2.37. The summed E-state index contributed by atoms with van der Waals surface area (Å²) < 4.78 is 31.1. The Morgan fingerprint density at radius 1 is 1.35 bits per heavy atom. The molecule has 23 heavy (non-hydrogen) atoms. The first-order valence-electron chi connectivity index (χ1n) is 7.51. The normalized spacial score (nSPS) is 24.2. The second-order valence-electron chi connectivity index (χ2n) is 5.83. The van der Waals surface area contributed by atoms with Gasteiger partial charge in [0.25, 0.3) is 15.9 Å². The van der Waals surface area contributed by atoms with E-state index in [0.717, 1.165) is 32.4 Å². The van der Waals surface area contributed by atoms with E-state index < -0.39 is 10.0 Å². The molecule has 2 atom stereocenters. The maximum atomic E-state index is 12.9. The molecule has 3 rings (SSSR count). The van der Waals surface area contributed by atoms with Crippen LogP contribution in [0.4, 0.5) is 0 Å². The summed E-state index contributed by atoms with van der Waals surface area (Å²) in [6.07, 6.45) is 2.93. The Morgan fingerprint density at radius 2 is 2.04 bits per heavy atom. The molecule has 2 aliphatic heterocycles. The summed E-state index contributed by atoms with van der Waals surface area (Å²) in [6.45, 7) is 3.33. The maximum absolute atomic E-state index is 12.9. The largest absolute Gasteiger partial charge is 0.448 e. The number of carbonyl (C=O) groups excluding carboxylic acids is 1. The number of fused-ring (bicyclic) bond motifs is 2. The van der Waals surface area contributed by atoms with Gasteiger partial charge in [-0.1, -0.05) is 0 Å². The van der Waals surface area contributed by atoms with Crippen molar-refractivity contribution in [2.24, 2.45) is 0 Å². The molecule has 2 unspecified atom stereocenters. The van der Waals surface area contributed by atoms with Crippen molar-refractivity contribution in [3.63, 3.8) is 0 Å². The highest BCUT2D eigenvalue weighted by Gasteiger charge is 2.39. The summed E-state index contributed by atoms with van der Waals surface area (Å²) >= 11 is 0. The van der Waals surface area contributed by atoms with Crippen LogP contribution in [0.3, 0.4) is 0 Å². The van der Waals surface area contributed by atoms with Gasteiger partial charge in [0.1, 0.15) is 5.76 Å². The molecule has 0 spiro atoms. The molecule has 0 aliphatic carbocycles. The van der Waals surface area contributed by atoms with Crippen LogP contribution in [0.25, 0.3) is 0 Å². The zero-order valence-electron chi connectivity index (χ0n) is 13.2. The Hall–Kier alpha value is -1.09. The molecule has 130 valence electrons. The summed E-state index contributed by atoms with van der Waals surface area (Å²) in [5.41, 5.74) is 0.340. The van der Waals surface area contributed by atoms with Gasteiger partial charge in [-0.15, -0.1) is 12.4 Å². The highest BCUT2D eigenvalue weighted by Crippen LogP contribution is 2.31. The molecule has 7 nitrogen and oxygen atoms in total. The van der Waals surface area contributed by atoms with E-state index in [-0.39, 0.29) is 35.5 Å². The quantitative estimate of drug-likeness (QED) is 0.832. The molecule has 3 heterocycles. The predicted molar refractivity (Wildman–Crippen MR) is 87.4 cm³/mol. The number of aryl methyl sites for hydroxylation is 1. The van der Waals surface area contributed by atoms with Gasteiger partial charge in [0.2, 0.25) is 5.09 Å². The number of nitrogens with one attached hydrogen (secondary N) is 2. The van der Waals surface area contributed by atoms with Gasteiger partial charge in [0.15, 0.2) is 0 Å². The highest BCUT2D eigenvalue weighted by molar-refractivity contribution is 7.89. The minimum atomic E-state index is -3.68. The number of sulfonamides is 1. The van der Waals surface area contributed by atoms with Crippen LogP contribution in [-0.4, -0.2) is 51.4 Å². The lowest BCUT2D eigenvalue weighted by Gasteiger charge is -2.27. The van der Waals surface area contributed by atoms with Crippen LogP contribution in [-0.2, 0) is 10.0 Å². The van der Waals surface area contributed by atoms with Gasteiger partial charge in [0.05, 0.1) is 5.56 Å². The summed E-state index contributed by atoms with van der Waals surface area (Å²) in [5, 5.41) is 3.13. The van der Waals surface area contributed by atoms with Crippen molar-refractivity contribution < 1.29 is 17.6 Å². The van der Waals surface area contributed by atoms with E-state index in [9.17, 15) is 13.2 Å². The maximum Gasteiger partial charge on any atom is 0.273 e. The Bertz CT molecular complexity index is 674. The third-order valence-corrected chi connectivity index (χ3v) is 5.82. The topological polar surface area (TPSA) is 91.7 Å². The van der Waals surface area contributed by atoms with E-state index in [1.165, 1.54) is 13.1 Å². The monoisotopic (exact) mass is 363 g/mol. The van der Waals surface area contributed by atoms with Crippen molar-refractivity contribution in [3.05, 3.63) is 17.4 Å². The Labute approximate surface area is 142 Å². The van der Waals surface area contributed by atoms with Crippen LogP contribution in [0.2, 0.25) is 0 Å². The van der Waals surface area contributed by atoms with Crippen LogP contribution < -0.4 is 10.0 Å². The van der Waals surface area contributed by atoms with Gasteiger partial charge in [-0.2, -0.15) is 0 Å². The third kappa shape index (κ3) is 3.26. The third-order valence-electron chi connectivity index (χ3n) is 4.55. The van der Waals surface area contributed by atoms with Gasteiger partial charge in [-0.3, -0.25) is 4.79 Å². The second-order valence-corrected chi connectivity index (χ2v) is 7.65. The number of halogens is 1. The average Bonchev–Trinajstić information content (AvgIpc) is 2.98. The highest BCUT2D eigenvalue weighted by atomic mass is 35.5. The van der Waals surface area contributed by atoms with Gasteiger partial charge in [0, 0.05) is 24.7 Å². The van der Waals surface area contributed by atoms with E-state index in [0.29, 0.717) is 11.3 Å². The molecule has 1 amide bonds. The molecule has 9 heteroatoms. The van der Waals surface area contributed by atoms with E-state index >= 15 is 0 Å². The zero-order valence-corrected chi connectivity index (χ0v) is 14.8. The number of hydrogen-bond donors (Lipinski definition) is 2. The van der Waals surface area contributed by atoms with Crippen molar-refractivity contribution in [1.82, 2.24) is 14.9 Å². The van der Waals surface area contributed by atoms with Crippen LogP contribution in [0.5, 0.6) is 0 Å². The van der Waals surface area contributed by atoms with E-state index in [4.69, 9.17) is 4.42 Å². The fourth-order valence-electron chi connectivity index (χ4n) is 3.35. The minimum Gasteiger partial charge on any atom is -0.448 e. The minimum absolute atomic E-state index is 0. The lowest BCUT2D eigenvalue weighted by Crippen LogP contribution is -2.42. The lowest BCUT2D eigenvalue weighted by atomic mass is 10.1. The van der Waals surface area contributed by atoms with Crippen LogP contribution in [0.1, 0.15) is 35.4 Å². The van der Waals surface area contributed by atoms with Crippen molar-refractivity contribution in [3.8, 4) is 0 Å². The number of amides is 1. The second kappa shape index (κ2) is 6.80. The summed E-state index contributed by atoms with van der Waals surface area (Å²) in [6, 6.07) is 1.74. The van der Waals surface area contributed by atoms with Gasteiger partial charge < -0.3 is 14.6 Å². The molecule has 1 aromatic rings. The number of nitrogens with zero attached hydrogens (tertiary/aromatic N) is 1. The average molecular weight is 364 g/mol. The lowest BCUT2D eigenvalue weighted by molar-refractivity contribution is 0.0678. The molecule has 2 bridgehead atoms. The molecule has 2 fully saturated rings. The summed E-state index contributed by atoms with van der Waals surface area (Å²) in [5.74, 6) is 0.213. The first-order valence-corrected chi connectivity index (χ1v) is 8.99. The molecular formula is C14H22ClN3O4S. The van der Waals surface area contributed by atoms with Crippen molar-refractivity contribution in [2.75, 3.05) is 20.1 Å². The van der Waals surface area contributed by atoms with Gasteiger partial charge in [-0.05, 0) is 39.8 Å². The van der Waals surface area contributed by atoms with Crippen LogP contribution in [0.15, 0.2) is 15.6 Å². The first kappa shape index (κ1) is 18.3. The fraction of sp³-hybridized carbons (Fsp3) is 0.643. The number of furan rings is 1. The standard InChI is InChI=1S/C14H21N3O4S.ClH/c1-9-12(7-13(21-9)22(19,20)15-2)14(18)17-10-3-4-11(17)8-16-6-5-10;/h7,10-11,15-16H,3-6,8H2,1-2H3;1H. The molecule has 0 saturated carbocycles. The fourth-order valence-corrected chi connectivity index (χ4v) is 4.06. The predicted octanol–water partition coefficient (Wildman–Crippen LogP) is 0.884. The number of carbonyl (C=O) groups is 1. The SMILES string of the molecule is CNS(=O)(=O)c1cc(C(=O)N2C3CCNCC2CC3)c(C)o1.Cl. The molecule has 0 aromatic carbocycles. The van der Waals surface area contributed by atoms with E-state index in [1.54, 1.807) is 6.92 Å². The Kier molecular flexibility index (Phi) is 5.40. The first-order chi connectivity index (χ1) is 10.4. The molecular weight excluding hydrogens is 342 g/mol. The number of hydrogen-bond acceptors (Lipinski definition) is 5. The van der Waals surface area contributed by atoms with E-state index in [1.807, 2.05) is 4.90 Å². The molecule has 2 N–H and O–H groups in total. The van der Waals surface area contributed by atoms with Crippen LogP contribution in [0, 0.1) is 6.92 Å². The van der Waals surface area contributed by atoms with Crippen LogP contribution >= 0.6 is 12.4 Å². The van der Waals surface area contributed by atoms with Gasteiger partial charge >= 0.3 is 0 Å². The Morgan fingerprint density at radius 3 is 2.74 bits per heavy atom. The smallest absolute Gasteiger partial charge is 0.273 e. The van der Waals surface area contributed by atoms with Crippen molar-refractivity contribution in [1.29, 1.82) is 0 Å². The van der Waals surface area contributed by atoms with Crippen molar-refractivity contribution in [2.45, 2.75) is 43.4 Å². The van der Waals surface area contributed by atoms with Crippen molar-refractivity contribution >= 4 is 28.3 Å². The van der Waals surface area contributed by atoms with Gasteiger partial charge in [-0.25, -0.2) is 13.1 Å². The molecule has 2 saturated heterocycles. The number of rotatable bonds is 3. The summed E-state index contributed by atoms with van der Waals surface area (Å²) in [4.78, 5) is 14.8. The Balaban J connectivity index is 0.00000192. The zero-order chi connectivity index (χ0) is 15.9. The molecule has 0 radical (unpaired) electrons. The molecule has 2 aliphatic rings.